The number of nitrogens with one attached hydrogen (secondary N) is 2. The predicted octanol–water partition coefficient (Wildman–Crippen LogP) is 4.82. The molecule has 8 heteroatoms. The third-order valence-electron chi connectivity index (χ3n) is 4.34. The summed E-state index contributed by atoms with van der Waals surface area (Å²) >= 11 is 1.25. The van der Waals surface area contributed by atoms with Gasteiger partial charge in [-0.2, -0.15) is 0 Å². The lowest BCUT2D eigenvalue weighted by Gasteiger charge is -2.10. The van der Waals surface area contributed by atoms with Crippen LogP contribution in [0.1, 0.15) is 26.3 Å². The van der Waals surface area contributed by atoms with Crippen LogP contribution in [0.4, 0.5) is 15.8 Å². The second-order valence-corrected chi connectivity index (χ2v) is 7.68. The number of carbonyl (C=O) groups excluding carboxylic acids is 2. The minimum absolute atomic E-state index is 0.0566. The molecule has 31 heavy (non-hydrogen) atoms. The van der Waals surface area contributed by atoms with Crippen LogP contribution in [0, 0.1) is 12.7 Å². The van der Waals surface area contributed by atoms with Crippen LogP contribution < -0.4 is 10.6 Å². The lowest BCUT2D eigenvalue weighted by molar-refractivity contribution is -0.113. The smallest absolute Gasteiger partial charge is 0.335 e. The number of aromatic carboxylic acids is 1. The molecular formula is C23H19FN2O4S. The third-order valence-corrected chi connectivity index (χ3v) is 5.33. The maximum absolute atomic E-state index is 13.8. The summed E-state index contributed by atoms with van der Waals surface area (Å²) in [6.07, 6.45) is 0. The molecule has 0 aliphatic carbocycles. The van der Waals surface area contributed by atoms with Crippen molar-refractivity contribution in [2.24, 2.45) is 0 Å². The molecule has 2 amide bonds. The Morgan fingerprint density at radius 2 is 1.74 bits per heavy atom. The summed E-state index contributed by atoms with van der Waals surface area (Å²) in [5.74, 6) is -2.45. The van der Waals surface area contributed by atoms with Gasteiger partial charge in [-0.25, -0.2) is 9.18 Å². The Balaban J connectivity index is 1.61. The van der Waals surface area contributed by atoms with Crippen LogP contribution in [-0.4, -0.2) is 28.6 Å². The summed E-state index contributed by atoms with van der Waals surface area (Å²) in [4.78, 5) is 36.4. The molecule has 0 aliphatic rings. The van der Waals surface area contributed by atoms with E-state index in [1.807, 2.05) is 0 Å². The molecule has 0 atom stereocenters. The summed E-state index contributed by atoms with van der Waals surface area (Å²) in [5, 5.41) is 14.5. The number of thioether (sulfide) groups is 1. The molecule has 0 bridgehead atoms. The summed E-state index contributed by atoms with van der Waals surface area (Å²) in [6.45, 7) is 1.77. The van der Waals surface area contributed by atoms with Crippen molar-refractivity contribution >= 4 is 40.9 Å². The van der Waals surface area contributed by atoms with Gasteiger partial charge in [0.15, 0.2) is 0 Å². The van der Waals surface area contributed by atoms with Crippen molar-refractivity contribution in [1.82, 2.24) is 0 Å². The zero-order valence-electron chi connectivity index (χ0n) is 16.5. The number of benzene rings is 3. The predicted molar refractivity (Wildman–Crippen MR) is 118 cm³/mol. The first-order chi connectivity index (χ1) is 14.8. The van der Waals surface area contributed by atoms with E-state index in [1.165, 1.54) is 42.1 Å². The largest absolute Gasteiger partial charge is 0.478 e. The van der Waals surface area contributed by atoms with Crippen molar-refractivity contribution in [3.05, 3.63) is 89.2 Å². The second kappa shape index (κ2) is 9.90. The normalized spacial score (nSPS) is 10.4. The summed E-state index contributed by atoms with van der Waals surface area (Å²) < 4.78 is 13.8. The molecule has 0 aromatic heterocycles. The van der Waals surface area contributed by atoms with Crippen LogP contribution in [0.3, 0.4) is 0 Å². The van der Waals surface area contributed by atoms with E-state index in [9.17, 15) is 18.8 Å². The fourth-order valence-electron chi connectivity index (χ4n) is 2.73. The molecule has 3 rings (SSSR count). The van der Waals surface area contributed by atoms with E-state index in [2.05, 4.69) is 10.6 Å². The number of aryl methyl sites for hydroxylation is 1. The molecule has 0 heterocycles. The summed E-state index contributed by atoms with van der Waals surface area (Å²) in [6, 6.07) is 17.1. The van der Waals surface area contributed by atoms with Crippen LogP contribution >= 0.6 is 11.8 Å². The van der Waals surface area contributed by atoms with Gasteiger partial charge in [0.1, 0.15) is 5.82 Å². The number of carboxylic acids is 1. The number of halogens is 1. The molecule has 0 unspecified atom stereocenters. The van der Waals surface area contributed by atoms with Gasteiger partial charge >= 0.3 is 5.97 Å². The molecule has 0 fully saturated rings. The van der Waals surface area contributed by atoms with E-state index in [-0.39, 0.29) is 22.8 Å². The second-order valence-electron chi connectivity index (χ2n) is 6.63. The zero-order valence-corrected chi connectivity index (χ0v) is 17.3. The Bertz CT molecular complexity index is 1150. The third kappa shape index (κ3) is 5.93. The van der Waals surface area contributed by atoms with Crippen LogP contribution in [-0.2, 0) is 4.79 Å². The molecule has 6 nitrogen and oxygen atoms in total. The first-order valence-corrected chi connectivity index (χ1v) is 10.2. The number of hydrogen-bond donors (Lipinski definition) is 3. The Morgan fingerprint density at radius 1 is 0.968 bits per heavy atom. The number of carboxylic acid groups (broad SMARTS) is 1. The maximum atomic E-state index is 13.8. The highest BCUT2D eigenvalue weighted by molar-refractivity contribution is 8.00. The van der Waals surface area contributed by atoms with Crippen molar-refractivity contribution < 1.29 is 23.9 Å². The van der Waals surface area contributed by atoms with Crippen LogP contribution in [0.2, 0.25) is 0 Å². The number of hydrogen-bond acceptors (Lipinski definition) is 4. The Hall–Kier alpha value is -3.65. The Labute approximate surface area is 182 Å². The molecule has 0 aliphatic heterocycles. The quantitative estimate of drug-likeness (QED) is 0.460. The maximum Gasteiger partial charge on any atom is 0.335 e. The lowest BCUT2D eigenvalue weighted by Crippen LogP contribution is -2.15. The van der Waals surface area contributed by atoms with Crippen molar-refractivity contribution in [3.8, 4) is 0 Å². The first-order valence-electron chi connectivity index (χ1n) is 9.26. The van der Waals surface area contributed by atoms with Crippen LogP contribution in [0.5, 0.6) is 0 Å². The number of amides is 2. The minimum atomic E-state index is -1.07. The highest BCUT2D eigenvalue weighted by Gasteiger charge is 2.12. The van der Waals surface area contributed by atoms with Crippen molar-refractivity contribution in [1.29, 1.82) is 0 Å². The van der Waals surface area contributed by atoms with Gasteiger partial charge in [-0.3, -0.25) is 9.59 Å². The summed E-state index contributed by atoms with van der Waals surface area (Å²) in [7, 11) is 0. The highest BCUT2D eigenvalue weighted by Crippen LogP contribution is 2.23. The van der Waals surface area contributed by atoms with Gasteiger partial charge < -0.3 is 15.7 Å². The average Bonchev–Trinajstić information content (AvgIpc) is 2.74. The lowest BCUT2D eigenvalue weighted by atomic mass is 10.1. The number of rotatable bonds is 7. The Kier molecular flexibility index (Phi) is 7.04. The van der Waals surface area contributed by atoms with Crippen LogP contribution in [0.15, 0.2) is 71.6 Å². The van der Waals surface area contributed by atoms with E-state index >= 15 is 0 Å². The molecule has 0 radical (unpaired) electrons. The zero-order chi connectivity index (χ0) is 22.4. The average molecular weight is 438 g/mol. The van der Waals surface area contributed by atoms with E-state index in [4.69, 9.17) is 5.11 Å². The number of carbonyl (C=O) groups is 3. The molecule has 3 N–H and O–H groups in total. The molecule has 3 aromatic rings. The van der Waals surface area contributed by atoms with E-state index in [0.717, 1.165) is 10.5 Å². The molecule has 158 valence electrons. The van der Waals surface area contributed by atoms with Crippen molar-refractivity contribution in [2.45, 2.75) is 11.8 Å². The molecule has 0 saturated heterocycles. The van der Waals surface area contributed by atoms with E-state index in [1.54, 1.807) is 43.3 Å². The summed E-state index contributed by atoms with van der Waals surface area (Å²) in [5.41, 5.74) is 1.70. The number of anilines is 2. The molecular weight excluding hydrogens is 419 g/mol. The highest BCUT2D eigenvalue weighted by atomic mass is 32.2. The SMILES string of the molecule is Cc1ccc(C(=O)O)cc1NC(=O)CSc1cccc(NC(=O)c2ccccc2F)c1. The monoisotopic (exact) mass is 438 g/mol. The van der Waals surface area contributed by atoms with E-state index < -0.39 is 17.7 Å². The fraction of sp³-hybridized carbons (Fsp3) is 0.0870. The van der Waals surface area contributed by atoms with Gasteiger partial charge in [-0.1, -0.05) is 24.3 Å². The van der Waals surface area contributed by atoms with Gasteiger partial charge in [-0.05, 0) is 55.0 Å². The standard InChI is InChI=1S/C23H19FN2O4S/c1-14-9-10-15(23(29)30)11-20(14)26-21(27)13-31-17-6-4-5-16(12-17)25-22(28)18-7-2-3-8-19(18)24/h2-12H,13H2,1H3,(H,25,28)(H,26,27)(H,29,30). The van der Waals surface area contributed by atoms with Gasteiger partial charge in [0, 0.05) is 16.3 Å². The minimum Gasteiger partial charge on any atom is -0.478 e. The van der Waals surface area contributed by atoms with Gasteiger partial charge in [0.05, 0.1) is 16.9 Å². The van der Waals surface area contributed by atoms with E-state index in [0.29, 0.717) is 11.4 Å². The molecule has 0 spiro atoms. The molecule has 3 aromatic carbocycles. The Morgan fingerprint density at radius 3 is 2.48 bits per heavy atom. The van der Waals surface area contributed by atoms with Gasteiger partial charge in [0.2, 0.25) is 5.91 Å². The van der Waals surface area contributed by atoms with Crippen molar-refractivity contribution in [3.63, 3.8) is 0 Å². The fourth-order valence-corrected chi connectivity index (χ4v) is 3.49. The van der Waals surface area contributed by atoms with Crippen LogP contribution in [0.25, 0.3) is 0 Å². The molecule has 0 saturated carbocycles. The topological polar surface area (TPSA) is 95.5 Å². The van der Waals surface area contributed by atoms with Gasteiger partial charge in [-0.15, -0.1) is 11.8 Å². The van der Waals surface area contributed by atoms with Crippen molar-refractivity contribution in [2.75, 3.05) is 16.4 Å². The first kappa shape index (κ1) is 22.0. The van der Waals surface area contributed by atoms with Gasteiger partial charge in [0.25, 0.3) is 5.91 Å².